The van der Waals surface area contributed by atoms with Gasteiger partial charge in [0, 0.05) is 30.1 Å². The van der Waals surface area contributed by atoms with Gasteiger partial charge in [-0.3, -0.25) is 4.79 Å². The summed E-state index contributed by atoms with van der Waals surface area (Å²) in [6.07, 6.45) is 5.38. The number of amides is 1. The van der Waals surface area contributed by atoms with Crippen molar-refractivity contribution >= 4 is 27.1 Å². The van der Waals surface area contributed by atoms with E-state index in [0.29, 0.717) is 24.2 Å². The number of hydrogen-bond acceptors (Lipinski definition) is 7. The zero-order chi connectivity index (χ0) is 25.4. The predicted octanol–water partition coefficient (Wildman–Crippen LogP) is 3.48. The van der Waals surface area contributed by atoms with Crippen molar-refractivity contribution in [3.05, 3.63) is 83.8 Å². The highest BCUT2D eigenvalue weighted by molar-refractivity contribution is 7.90. The molecule has 1 amide bonds. The van der Waals surface area contributed by atoms with Gasteiger partial charge in [0.15, 0.2) is 0 Å². The molecule has 4 heterocycles. The zero-order valence-electron chi connectivity index (χ0n) is 19.1. The molecule has 1 aromatic carbocycles. The number of rotatable bonds is 6. The Labute approximate surface area is 205 Å². The number of nitrogens with one attached hydrogen (secondary N) is 1. The number of benzene rings is 1. The number of ether oxygens (including phenoxy) is 1. The van der Waals surface area contributed by atoms with Crippen LogP contribution in [-0.4, -0.2) is 42.6 Å². The maximum atomic E-state index is 14.5. The van der Waals surface area contributed by atoms with Crippen molar-refractivity contribution in [3.63, 3.8) is 0 Å². The first-order valence-electron chi connectivity index (χ1n) is 11.0. The Morgan fingerprint density at radius 3 is 2.72 bits per heavy atom. The van der Waals surface area contributed by atoms with Gasteiger partial charge in [0.05, 0.1) is 36.6 Å². The summed E-state index contributed by atoms with van der Waals surface area (Å²) >= 11 is 0. The minimum atomic E-state index is -4.20. The molecule has 0 spiro atoms. The number of anilines is 1. The van der Waals surface area contributed by atoms with Crippen LogP contribution in [0.15, 0.2) is 66.0 Å². The zero-order valence-corrected chi connectivity index (χ0v) is 19.9. The molecule has 186 valence electrons. The van der Waals surface area contributed by atoms with Crippen LogP contribution >= 0.6 is 0 Å². The maximum absolute atomic E-state index is 14.5. The summed E-state index contributed by atoms with van der Waals surface area (Å²) in [5.41, 5.74) is 1.33. The lowest BCUT2D eigenvalue weighted by Crippen LogP contribution is -2.30. The molecule has 12 heteroatoms. The largest absolute Gasteiger partial charge is 0.481 e. The molecule has 1 N–H and O–H groups in total. The summed E-state index contributed by atoms with van der Waals surface area (Å²) in [5, 5.41) is 4.14. The van der Waals surface area contributed by atoms with Gasteiger partial charge in [0.25, 0.3) is 15.9 Å². The average molecular weight is 514 g/mol. The van der Waals surface area contributed by atoms with Gasteiger partial charge in [-0.1, -0.05) is 0 Å². The summed E-state index contributed by atoms with van der Waals surface area (Å²) in [6.45, 7) is 0.602. The molecule has 1 saturated heterocycles. The van der Waals surface area contributed by atoms with Gasteiger partial charge in [-0.2, -0.15) is 5.10 Å². The van der Waals surface area contributed by atoms with Gasteiger partial charge in [0.2, 0.25) is 5.88 Å². The van der Waals surface area contributed by atoms with E-state index in [9.17, 15) is 22.0 Å². The highest BCUT2D eigenvalue weighted by Crippen LogP contribution is 2.38. The van der Waals surface area contributed by atoms with E-state index in [4.69, 9.17) is 4.74 Å². The summed E-state index contributed by atoms with van der Waals surface area (Å²) in [4.78, 5) is 18.5. The lowest BCUT2D eigenvalue weighted by Gasteiger charge is -2.27. The standard InChI is InChI=1S/C24H21F2N5O4S/c1-35-23-7-5-17(13-27-23)36(33,34)29-24(32)19-14-28-31-10-8-16(12-22(19)31)30-9-2-3-21(30)18-11-15(25)4-6-20(18)26/h4-8,10-14,21H,2-3,9H2,1H3,(H,29,32). The fourth-order valence-electron chi connectivity index (χ4n) is 4.37. The molecule has 1 atom stereocenters. The van der Waals surface area contributed by atoms with Crippen LogP contribution in [0, 0.1) is 11.6 Å². The Hall–Kier alpha value is -4.06. The first-order valence-corrected chi connectivity index (χ1v) is 12.5. The topological polar surface area (TPSA) is 106 Å². The van der Waals surface area contributed by atoms with Gasteiger partial charge in [-0.15, -0.1) is 0 Å². The van der Waals surface area contributed by atoms with Crippen molar-refractivity contribution in [2.75, 3.05) is 18.6 Å². The molecule has 36 heavy (non-hydrogen) atoms. The van der Waals surface area contributed by atoms with Crippen LogP contribution in [0.4, 0.5) is 14.5 Å². The molecule has 1 aliphatic rings. The number of aromatic nitrogens is 3. The second-order valence-corrected chi connectivity index (χ2v) is 9.94. The Bertz CT molecular complexity index is 1560. The SMILES string of the molecule is COc1ccc(S(=O)(=O)NC(=O)c2cnn3ccc(N4CCCC4c4cc(F)ccc4F)cc23)cn1. The van der Waals surface area contributed by atoms with Crippen LogP contribution in [0.3, 0.4) is 0 Å². The van der Waals surface area contributed by atoms with Crippen LogP contribution in [0.25, 0.3) is 5.52 Å². The number of sulfonamides is 1. The molecule has 5 rings (SSSR count). The number of halogens is 2. The summed E-state index contributed by atoms with van der Waals surface area (Å²) in [5.74, 6) is -1.64. The Morgan fingerprint density at radius 2 is 1.97 bits per heavy atom. The minimum Gasteiger partial charge on any atom is -0.481 e. The lowest BCUT2D eigenvalue weighted by molar-refractivity contribution is 0.0983. The van der Waals surface area contributed by atoms with Crippen molar-refractivity contribution in [3.8, 4) is 5.88 Å². The van der Waals surface area contributed by atoms with E-state index in [-0.39, 0.29) is 27.9 Å². The highest BCUT2D eigenvalue weighted by Gasteiger charge is 2.30. The summed E-state index contributed by atoms with van der Waals surface area (Å²) in [7, 11) is -2.80. The normalized spacial score (nSPS) is 15.9. The Balaban J connectivity index is 1.45. The molecule has 1 unspecified atom stereocenters. The third-order valence-electron chi connectivity index (χ3n) is 6.11. The van der Waals surface area contributed by atoms with Crippen LogP contribution in [-0.2, 0) is 10.0 Å². The predicted molar refractivity (Wildman–Crippen MR) is 126 cm³/mol. The van der Waals surface area contributed by atoms with Crippen LogP contribution in [0.5, 0.6) is 5.88 Å². The molecule has 3 aromatic heterocycles. The van der Waals surface area contributed by atoms with Gasteiger partial charge < -0.3 is 9.64 Å². The molecule has 4 aromatic rings. The smallest absolute Gasteiger partial charge is 0.268 e. The third-order valence-corrected chi connectivity index (χ3v) is 7.42. The van der Waals surface area contributed by atoms with Crippen LogP contribution < -0.4 is 14.4 Å². The third kappa shape index (κ3) is 4.35. The molecule has 0 saturated carbocycles. The number of methoxy groups -OCH3 is 1. The molecule has 0 radical (unpaired) electrons. The fraction of sp³-hybridized carbons (Fsp3) is 0.208. The van der Waals surface area contributed by atoms with Crippen molar-refractivity contribution < 1.29 is 26.7 Å². The second-order valence-electron chi connectivity index (χ2n) is 8.26. The fourth-order valence-corrected chi connectivity index (χ4v) is 5.29. The Kier molecular flexibility index (Phi) is 6.04. The van der Waals surface area contributed by atoms with Crippen LogP contribution in [0.1, 0.15) is 34.8 Å². The number of nitrogens with zero attached hydrogens (tertiary/aromatic N) is 4. The van der Waals surface area contributed by atoms with E-state index in [1.165, 1.54) is 36.0 Å². The number of carbonyl (C=O) groups is 1. The summed E-state index contributed by atoms with van der Waals surface area (Å²) < 4.78 is 62.1. The molecule has 0 aliphatic carbocycles. The molecule has 0 bridgehead atoms. The summed E-state index contributed by atoms with van der Waals surface area (Å²) in [6, 6.07) is 9.10. The van der Waals surface area contributed by atoms with E-state index in [1.54, 1.807) is 18.3 Å². The van der Waals surface area contributed by atoms with Gasteiger partial charge in [-0.25, -0.2) is 31.4 Å². The van der Waals surface area contributed by atoms with Gasteiger partial charge in [0.1, 0.15) is 16.5 Å². The van der Waals surface area contributed by atoms with E-state index in [2.05, 4.69) is 10.1 Å². The van der Waals surface area contributed by atoms with Crippen molar-refractivity contribution in [2.24, 2.45) is 0 Å². The number of carbonyl (C=O) groups excluding carboxylic acids is 1. The van der Waals surface area contributed by atoms with E-state index in [1.807, 2.05) is 9.62 Å². The first-order chi connectivity index (χ1) is 17.3. The van der Waals surface area contributed by atoms with E-state index >= 15 is 0 Å². The molecular formula is C24H21F2N5O4S. The molecular weight excluding hydrogens is 492 g/mol. The minimum absolute atomic E-state index is 0.0366. The maximum Gasteiger partial charge on any atom is 0.268 e. The van der Waals surface area contributed by atoms with Crippen molar-refractivity contribution in [2.45, 2.75) is 23.8 Å². The highest BCUT2D eigenvalue weighted by atomic mass is 32.2. The number of pyridine rings is 2. The second kappa shape index (κ2) is 9.19. The lowest BCUT2D eigenvalue weighted by atomic mass is 10.0. The van der Waals surface area contributed by atoms with Gasteiger partial charge >= 0.3 is 0 Å². The van der Waals surface area contributed by atoms with E-state index < -0.39 is 27.6 Å². The molecule has 1 aliphatic heterocycles. The van der Waals surface area contributed by atoms with E-state index in [0.717, 1.165) is 24.8 Å². The van der Waals surface area contributed by atoms with Crippen molar-refractivity contribution in [1.29, 1.82) is 0 Å². The quantitative estimate of drug-likeness (QED) is 0.421. The van der Waals surface area contributed by atoms with Crippen LogP contribution in [0.2, 0.25) is 0 Å². The van der Waals surface area contributed by atoms with Crippen molar-refractivity contribution in [1.82, 2.24) is 19.3 Å². The first kappa shape index (κ1) is 23.7. The molecule has 1 fully saturated rings. The average Bonchev–Trinajstić information content (AvgIpc) is 3.52. The Morgan fingerprint density at radius 1 is 1.14 bits per heavy atom. The monoisotopic (exact) mass is 513 g/mol. The molecule has 9 nitrogen and oxygen atoms in total. The number of fused-ring (bicyclic) bond motifs is 1. The number of hydrogen-bond donors (Lipinski definition) is 1. The van der Waals surface area contributed by atoms with Gasteiger partial charge in [-0.05, 0) is 49.2 Å².